The zero-order chi connectivity index (χ0) is 10.7. The zero-order valence-electron chi connectivity index (χ0n) is 7.68. The van der Waals surface area contributed by atoms with Crippen LogP contribution < -0.4 is 0 Å². The summed E-state index contributed by atoms with van der Waals surface area (Å²) in [5, 5.41) is 3.69. The Bertz CT molecular complexity index is 482. The molecule has 2 rings (SSSR count). The minimum absolute atomic E-state index is 0.0112. The molecule has 0 atom stereocenters. The Labute approximate surface area is 94.4 Å². The summed E-state index contributed by atoms with van der Waals surface area (Å²) in [4.78, 5) is 14.2. The monoisotopic (exact) mass is 266 g/mol. The quantitative estimate of drug-likeness (QED) is 0.800. The first kappa shape index (κ1) is 10.0. The highest BCUT2D eigenvalue weighted by Gasteiger charge is 2.07. The van der Waals surface area contributed by atoms with E-state index >= 15 is 0 Å². The fourth-order valence-corrected chi connectivity index (χ4v) is 1.62. The highest BCUT2D eigenvalue weighted by Crippen LogP contribution is 2.18. The third-order valence-electron chi connectivity index (χ3n) is 1.89. The molecule has 0 spiro atoms. The van der Waals surface area contributed by atoms with Crippen molar-refractivity contribution in [2.45, 2.75) is 6.42 Å². The van der Waals surface area contributed by atoms with Gasteiger partial charge in [0, 0.05) is 10.9 Å². The van der Waals surface area contributed by atoms with E-state index in [2.05, 4.69) is 30.6 Å². The molecule has 0 aliphatic heterocycles. The van der Waals surface area contributed by atoms with E-state index < -0.39 is 0 Å². The number of benzene rings is 1. The Morgan fingerprint density at radius 1 is 1.40 bits per heavy atom. The lowest BCUT2D eigenvalue weighted by Gasteiger charge is -1.99. The largest absolute Gasteiger partial charge is 0.331 e. The van der Waals surface area contributed by atoms with Crippen LogP contribution >= 0.6 is 15.9 Å². The molecule has 0 bridgehead atoms. The van der Waals surface area contributed by atoms with Crippen molar-refractivity contribution >= 4 is 22.2 Å². The summed E-state index contributed by atoms with van der Waals surface area (Å²) in [6, 6.07) is 7.76. The van der Waals surface area contributed by atoms with Gasteiger partial charge in [0.05, 0.1) is 0 Å². The first-order valence-corrected chi connectivity index (χ1v) is 5.10. The van der Waals surface area contributed by atoms with Crippen molar-refractivity contribution in [1.82, 2.24) is 10.1 Å². The van der Waals surface area contributed by atoms with Crippen molar-refractivity contribution in [2.75, 3.05) is 0 Å². The third kappa shape index (κ3) is 2.30. The lowest BCUT2D eigenvalue weighted by Crippen LogP contribution is -1.92. The van der Waals surface area contributed by atoms with Crippen LogP contribution in [0.1, 0.15) is 22.1 Å². The van der Waals surface area contributed by atoms with E-state index in [0.717, 1.165) is 10.0 Å². The molecule has 15 heavy (non-hydrogen) atoms. The second-order valence-corrected chi connectivity index (χ2v) is 3.79. The predicted molar refractivity (Wildman–Crippen MR) is 56.6 cm³/mol. The minimum Gasteiger partial charge on any atom is -0.331 e. The molecule has 0 amide bonds. The lowest BCUT2D eigenvalue weighted by atomic mass is 10.1. The van der Waals surface area contributed by atoms with E-state index in [9.17, 15) is 4.79 Å². The van der Waals surface area contributed by atoms with E-state index in [-0.39, 0.29) is 5.89 Å². The van der Waals surface area contributed by atoms with Crippen molar-refractivity contribution in [1.29, 1.82) is 0 Å². The van der Waals surface area contributed by atoms with Gasteiger partial charge in [0.15, 0.2) is 5.82 Å². The van der Waals surface area contributed by atoms with Crippen LogP contribution in [0.25, 0.3) is 0 Å². The predicted octanol–water partition coefficient (Wildman–Crippen LogP) is 2.24. The Balaban J connectivity index is 2.22. The zero-order valence-corrected chi connectivity index (χ0v) is 9.27. The maximum Gasteiger partial charge on any atom is 0.290 e. The van der Waals surface area contributed by atoms with Crippen molar-refractivity contribution in [3.05, 3.63) is 46.0 Å². The molecule has 0 unspecified atom stereocenters. The van der Waals surface area contributed by atoms with Crippen LogP contribution in [0, 0.1) is 0 Å². The smallest absolute Gasteiger partial charge is 0.290 e. The van der Waals surface area contributed by atoms with E-state index in [1.165, 1.54) is 0 Å². The maximum absolute atomic E-state index is 10.3. The van der Waals surface area contributed by atoms with Gasteiger partial charge in [-0.3, -0.25) is 4.79 Å². The van der Waals surface area contributed by atoms with E-state index in [0.29, 0.717) is 18.5 Å². The van der Waals surface area contributed by atoms with Gasteiger partial charge in [-0.05, 0) is 11.6 Å². The van der Waals surface area contributed by atoms with Gasteiger partial charge >= 0.3 is 0 Å². The molecule has 0 radical (unpaired) electrons. The summed E-state index contributed by atoms with van der Waals surface area (Å²) in [5.41, 5.74) is 1.05. The number of hydrogen-bond donors (Lipinski definition) is 0. The SMILES string of the molecule is O=Cc1nc(Cc2ccccc2Br)no1. The van der Waals surface area contributed by atoms with Crippen molar-refractivity contribution in [3.63, 3.8) is 0 Å². The Morgan fingerprint density at radius 2 is 2.20 bits per heavy atom. The number of hydrogen-bond acceptors (Lipinski definition) is 4. The average molecular weight is 267 g/mol. The standard InChI is InChI=1S/C10H7BrN2O2/c11-8-4-2-1-3-7(8)5-9-12-10(6-14)15-13-9/h1-4,6H,5H2. The highest BCUT2D eigenvalue weighted by atomic mass is 79.9. The van der Waals surface area contributed by atoms with Crippen molar-refractivity contribution < 1.29 is 9.32 Å². The molecule has 76 valence electrons. The summed E-state index contributed by atoms with van der Waals surface area (Å²) in [5.74, 6) is 0.515. The molecule has 5 heteroatoms. The molecular weight excluding hydrogens is 260 g/mol. The fourth-order valence-electron chi connectivity index (χ4n) is 1.20. The summed E-state index contributed by atoms with van der Waals surface area (Å²) in [7, 11) is 0. The van der Waals surface area contributed by atoms with Gasteiger partial charge in [-0.2, -0.15) is 4.98 Å². The topological polar surface area (TPSA) is 56.0 Å². The summed E-state index contributed by atoms with van der Waals surface area (Å²) < 4.78 is 5.67. The van der Waals surface area contributed by atoms with Crippen molar-refractivity contribution in [3.8, 4) is 0 Å². The Hall–Kier alpha value is -1.49. The maximum atomic E-state index is 10.3. The van der Waals surface area contributed by atoms with E-state index in [4.69, 9.17) is 0 Å². The van der Waals surface area contributed by atoms with Crippen molar-refractivity contribution in [2.24, 2.45) is 0 Å². The molecule has 1 heterocycles. The van der Waals surface area contributed by atoms with Crippen LogP contribution in [0.5, 0.6) is 0 Å². The molecule has 0 N–H and O–H groups in total. The van der Waals surface area contributed by atoms with Crippen LogP contribution in [-0.4, -0.2) is 16.4 Å². The molecule has 1 aromatic heterocycles. The Kier molecular flexibility index (Phi) is 2.91. The van der Waals surface area contributed by atoms with Crippen LogP contribution in [-0.2, 0) is 6.42 Å². The van der Waals surface area contributed by atoms with Gasteiger partial charge in [0.2, 0.25) is 6.29 Å². The molecule has 0 fully saturated rings. The van der Waals surface area contributed by atoms with Crippen LogP contribution in [0.2, 0.25) is 0 Å². The number of carbonyl (C=O) groups is 1. The molecule has 4 nitrogen and oxygen atoms in total. The van der Waals surface area contributed by atoms with Crippen LogP contribution in [0.3, 0.4) is 0 Å². The number of carbonyl (C=O) groups excluding carboxylic acids is 1. The van der Waals surface area contributed by atoms with Gasteiger partial charge in [-0.25, -0.2) is 0 Å². The second kappa shape index (κ2) is 4.35. The van der Waals surface area contributed by atoms with E-state index in [1.54, 1.807) is 0 Å². The number of rotatable bonds is 3. The summed E-state index contributed by atoms with van der Waals surface area (Å²) in [6.07, 6.45) is 1.08. The van der Waals surface area contributed by atoms with Gasteiger partial charge in [0.25, 0.3) is 5.89 Å². The van der Waals surface area contributed by atoms with Gasteiger partial charge in [-0.15, -0.1) is 0 Å². The third-order valence-corrected chi connectivity index (χ3v) is 2.66. The lowest BCUT2D eigenvalue weighted by molar-refractivity contribution is 0.108. The molecule has 2 aromatic rings. The molecular formula is C10H7BrN2O2. The first-order chi connectivity index (χ1) is 7.29. The number of halogens is 1. The number of aromatic nitrogens is 2. The van der Waals surface area contributed by atoms with Crippen LogP contribution in [0.15, 0.2) is 33.3 Å². The fraction of sp³-hybridized carbons (Fsp3) is 0.100. The van der Waals surface area contributed by atoms with E-state index in [1.807, 2.05) is 24.3 Å². The number of nitrogens with zero attached hydrogens (tertiary/aromatic N) is 2. The molecule has 1 aromatic carbocycles. The average Bonchev–Trinajstić information content (AvgIpc) is 2.69. The molecule has 0 saturated carbocycles. The second-order valence-electron chi connectivity index (χ2n) is 2.93. The summed E-state index contributed by atoms with van der Waals surface area (Å²) in [6.45, 7) is 0. The summed E-state index contributed by atoms with van der Waals surface area (Å²) >= 11 is 3.42. The van der Waals surface area contributed by atoms with Crippen LogP contribution in [0.4, 0.5) is 0 Å². The molecule has 0 saturated heterocycles. The number of aldehydes is 1. The molecule has 0 aliphatic rings. The molecule has 0 aliphatic carbocycles. The highest BCUT2D eigenvalue weighted by molar-refractivity contribution is 9.10. The van der Waals surface area contributed by atoms with Gasteiger partial charge in [0.1, 0.15) is 0 Å². The normalized spacial score (nSPS) is 10.2. The Morgan fingerprint density at radius 3 is 2.87 bits per heavy atom. The van der Waals surface area contributed by atoms with Gasteiger partial charge < -0.3 is 4.52 Å². The first-order valence-electron chi connectivity index (χ1n) is 4.31. The minimum atomic E-state index is 0.0112. The van der Waals surface area contributed by atoms with Gasteiger partial charge in [-0.1, -0.05) is 39.3 Å².